The molecule has 3 aromatic rings. The van der Waals surface area contributed by atoms with E-state index in [1.165, 1.54) is 6.07 Å². The first-order valence-electron chi connectivity index (χ1n) is 14.4. The van der Waals surface area contributed by atoms with Crippen molar-refractivity contribution >= 4 is 17.6 Å². The normalized spacial score (nSPS) is 18.1. The maximum absolute atomic E-state index is 14.4. The molecule has 2 N–H and O–H groups in total. The molecule has 10 heteroatoms. The molecule has 2 amide bonds. The molecule has 1 saturated heterocycles. The van der Waals surface area contributed by atoms with Gasteiger partial charge in [0.05, 0.1) is 17.9 Å². The lowest BCUT2D eigenvalue weighted by Gasteiger charge is -2.34. The topological polar surface area (TPSA) is 82.5 Å². The Kier molecular flexibility index (Phi) is 9.09. The summed E-state index contributed by atoms with van der Waals surface area (Å²) in [4.78, 5) is 33.6. The molecule has 2 heterocycles. The van der Waals surface area contributed by atoms with Gasteiger partial charge in [-0.15, -0.1) is 0 Å². The minimum absolute atomic E-state index is 0.0773. The molecule has 1 aliphatic heterocycles. The Bertz CT molecular complexity index is 1380. The van der Waals surface area contributed by atoms with Gasteiger partial charge in [0.1, 0.15) is 18.0 Å². The molecule has 0 spiro atoms. The summed E-state index contributed by atoms with van der Waals surface area (Å²) in [5.74, 6) is -0.681. The van der Waals surface area contributed by atoms with Crippen molar-refractivity contribution in [2.24, 2.45) is 0 Å². The Balaban J connectivity index is 1.22. The van der Waals surface area contributed by atoms with Crippen LogP contribution in [0, 0.1) is 11.6 Å². The molecule has 0 bridgehead atoms. The number of hydrogen-bond donors (Lipinski definition) is 2. The second-order valence-corrected chi connectivity index (χ2v) is 11.0. The fourth-order valence-electron chi connectivity index (χ4n) is 5.88. The first kappa shape index (κ1) is 28.9. The fourth-order valence-corrected chi connectivity index (χ4v) is 5.88. The number of aromatic nitrogens is 2. The number of carbonyl (C=O) groups is 2. The average molecular weight is 565 g/mol. The lowest BCUT2D eigenvalue weighted by atomic mass is 9.87. The van der Waals surface area contributed by atoms with Gasteiger partial charge < -0.3 is 20.1 Å². The third-order valence-electron chi connectivity index (χ3n) is 8.11. The Hall–Kier alpha value is -3.63. The molecule has 8 nitrogen and oxygen atoms in total. The molecule has 0 saturated carbocycles. The number of imidazole rings is 1. The number of halogens is 2. The first-order valence-corrected chi connectivity index (χ1v) is 14.4. The van der Waals surface area contributed by atoms with Crippen LogP contribution in [0.15, 0.2) is 48.9 Å². The molecule has 1 aliphatic carbocycles. The van der Waals surface area contributed by atoms with E-state index in [9.17, 15) is 18.4 Å². The van der Waals surface area contributed by atoms with Crippen LogP contribution in [0.2, 0.25) is 0 Å². The predicted octanol–water partition coefficient (Wildman–Crippen LogP) is 4.07. The molecule has 0 unspecified atom stereocenters. The van der Waals surface area contributed by atoms with E-state index in [2.05, 4.69) is 26.6 Å². The van der Waals surface area contributed by atoms with Gasteiger partial charge in [0.2, 0.25) is 11.8 Å². The lowest BCUT2D eigenvalue weighted by molar-refractivity contribution is -0.130. The van der Waals surface area contributed by atoms with Crippen LogP contribution in [0.25, 0.3) is 5.69 Å². The summed E-state index contributed by atoms with van der Waals surface area (Å²) >= 11 is 0. The standard InChI is InChI=1S/C31H38F2N6O2/c1-3-6-28(35-25-10-9-22-15-24(32)16-27(33)26(22)17-25)31(41)36-30-19-39(20-34-30)29-8-5-4-7-23(29)18-37-11-13-38(14-12-37)21(2)40/h4-5,7-8,15-16,19-20,25,28,35H,3,6,9-14,17-18H2,1-2H3,(H,36,41)/t25-,28+/m0/s1. The number of fused-ring (bicyclic) bond motifs is 1. The molecule has 2 aromatic carbocycles. The Labute approximate surface area is 239 Å². The number of para-hydroxylation sites is 1. The number of hydrogen-bond acceptors (Lipinski definition) is 5. The molecule has 2 atom stereocenters. The van der Waals surface area contributed by atoms with E-state index in [-0.39, 0.29) is 17.9 Å². The van der Waals surface area contributed by atoms with Gasteiger partial charge in [0.25, 0.3) is 0 Å². The summed E-state index contributed by atoms with van der Waals surface area (Å²) in [6.07, 6.45) is 6.64. The molecule has 1 fully saturated rings. The zero-order chi connectivity index (χ0) is 28.9. The van der Waals surface area contributed by atoms with Gasteiger partial charge in [0.15, 0.2) is 5.82 Å². The van der Waals surface area contributed by atoms with Crippen LogP contribution in [-0.2, 0) is 29.0 Å². The van der Waals surface area contributed by atoms with E-state index in [4.69, 9.17) is 0 Å². The molecule has 5 rings (SSSR count). The van der Waals surface area contributed by atoms with Crippen LogP contribution >= 0.6 is 0 Å². The van der Waals surface area contributed by atoms with Crippen molar-refractivity contribution in [1.29, 1.82) is 0 Å². The van der Waals surface area contributed by atoms with Crippen molar-refractivity contribution in [2.45, 2.75) is 64.6 Å². The van der Waals surface area contributed by atoms with E-state index >= 15 is 0 Å². The lowest BCUT2D eigenvalue weighted by Crippen LogP contribution is -2.48. The minimum atomic E-state index is -0.551. The van der Waals surface area contributed by atoms with Crippen LogP contribution in [0.5, 0.6) is 0 Å². The van der Waals surface area contributed by atoms with Crippen molar-refractivity contribution in [3.63, 3.8) is 0 Å². The Morgan fingerprint density at radius 2 is 1.90 bits per heavy atom. The smallest absolute Gasteiger partial charge is 0.242 e. The number of rotatable bonds is 9. The number of nitrogens with one attached hydrogen (secondary N) is 2. The van der Waals surface area contributed by atoms with Gasteiger partial charge in [-0.05, 0) is 54.5 Å². The molecule has 2 aliphatic rings. The van der Waals surface area contributed by atoms with Crippen molar-refractivity contribution in [2.75, 3.05) is 31.5 Å². The zero-order valence-electron chi connectivity index (χ0n) is 23.7. The van der Waals surface area contributed by atoms with Crippen LogP contribution in [0.4, 0.5) is 14.6 Å². The molecule has 41 heavy (non-hydrogen) atoms. The highest BCUT2D eigenvalue weighted by Gasteiger charge is 2.27. The van der Waals surface area contributed by atoms with Gasteiger partial charge in [-0.2, -0.15) is 0 Å². The Morgan fingerprint density at radius 3 is 2.66 bits per heavy atom. The van der Waals surface area contributed by atoms with Crippen LogP contribution in [-0.4, -0.2) is 69.4 Å². The number of nitrogens with zero attached hydrogens (tertiary/aromatic N) is 4. The third kappa shape index (κ3) is 7.00. The fraction of sp³-hybridized carbons (Fsp3) is 0.452. The maximum Gasteiger partial charge on any atom is 0.242 e. The number of anilines is 1. The summed E-state index contributed by atoms with van der Waals surface area (Å²) < 4.78 is 29.9. The second-order valence-electron chi connectivity index (χ2n) is 11.0. The number of piperazine rings is 1. The number of amides is 2. The highest BCUT2D eigenvalue weighted by Crippen LogP contribution is 2.26. The predicted molar refractivity (Wildman–Crippen MR) is 154 cm³/mol. The summed E-state index contributed by atoms with van der Waals surface area (Å²) in [5, 5.41) is 6.38. The zero-order valence-corrected chi connectivity index (χ0v) is 23.7. The Morgan fingerprint density at radius 1 is 1.12 bits per heavy atom. The van der Waals surface area contributed by atoms with Crippen molar-refractivity contribution in [1.82, 2.24) is 24.7 Å². The molecule has 1 aromatic heterocycles. The van der Waals surface area contributed by atoms with E-state index in [1.807, 2.05) is 40.8 Å². The quantitative estimate of drug-likeness (QED) is 0.410. The minimum Gasteiger partial charge on any atom is -0.340 e. The number of carbonyl (C=O) groups excluding carboxylic acids is 2. The average Bonchev–Trinajstić information content (AvgIpc) is 3.42. The summed E-state index contributed by atoms with van der Waals surface area (Å²) in [6.45, 7) is 7.48. The van der Waals surface area contributed by atoms with E-state index < -0.39 is 17.7 Å². The van der Waals surface area contributed by atoms with Crippen molar-refractivity contribution < 1.29 is 18.4 Å². The first-order chi connectivity index (χ1) is 19.8. The monoisotopic (exact) mass is 564 g/mol. The molecule has 0 radical (unpaired) electrons. The highest BCUT2D eigenvalue weighted by molar-refractivity contribution is 5.94. The second kappa shape index (κ2) is 12.9. The largest absolute Gasteiger partial charge is 0.340 e. The van der Waals surface area contributed by atoms with Crippen molar-refractivity contribution in [3.8, 4) is 5.69 Å². The number of benzene rings is 2. The van der Waals surface area contributed by atoms with Gasteiger partial charge in [-0.1, -0.05) is 31.5 Å². The van der Waals surface area contributed by atoms with Gasteiger partial charge in [-0.25, -0.2) is 13.8 Å². The highest BCUT2D eigenvalue weighted by atomic mass is 19.1. The van der Waals surface area contributed by atoms with E-state index in [0.717, 1.165) is 56.5 Å². The summed E-state index contributed by atoms with van der Waals surface area (Å²) in [5.41, 5.74) is 3.36. The van der Waals surface area contributed by atoms with Crippen molar-refractivity contribution in [3.05, 3.63) is 77.2 Å². The molecular weight excluding hydrogens is 526 g/mol. The van der Waals surface area contributed by atoms with Gasteiger partial charge in [-0.3, -0.25) is 14.5 Å². The van der Waals surface area contributed by atoms with Crippen LogP contribution < -0.4 is 10.6 Å². The van der Waals surface area contributed by atoms with E-state index in [1.54, 1.807) is 13.3 Å². The number of aryl methyl sites for hydroxylation is 1. The SMILES string of the molecule is CCC[C@@H](N[C@H]1CCc2cc(F)cc(F)c2C1)C(=O)Nc1cn(-c2ccccc2CN2CCN(C(C)=O)CC2)cn1. The van der Waals surface area contributed by atoms with Crippen LogP contribution in [0.1, 0.15) is 49.8 Å². The van der Waals surface area contributed by atoms with Crippen LogP contribution in [0.3, 0.4) is 0 Å². The third-order valence-corrected chi connectivity index (χ3v) is 8.11. The van der Waals surface area contributed by atoms with E-state index in [0.29, 0.717) is 42.6 Å². The summed E-state index contributed by atoms with van der Waals surface area (Å²) in [6, 6.07) is 9.91. The van der Waals surface area contributed by atoms with Gasteiger partial charge >= 0.3 is 0 Å². The van der Waals surface area contributed by atoms with Gasteiger partial charge in [0, 0.05) is 51.8 Å². The molecular formula is C31H38F2N6O2. The maximum atomic E-state index is 14.4. The molecule has 218 valence electrons. The summed E-state index contributed by atoms with van der Waals surface area (Å²) in [7, 11) is 0.